The summed E-state index contributed by atoms with van der Waals surface area (Å²) in [5.41, 5.74) is 1.12. The highest BCUT2D eigenvalue weighted by molar-refractivity contribution is 6.00. The van der Waals surface area contributed by atoms with Gasteiger partial charge < -0.3 is 15.5 Å². The van der Waals surface area contributed by atoms with Crippen LogP contribution in [-0.2, 0) is 22.2 Å². The molecule has 1 aliphatic rings. The summed E-state index contributed by atoms with van der Waals surface area (Å²) >= 11 is 0. The van der Waals surface area contributed by atoms with Gasteiger partial charge in [0.1, 0.15) is 0 Å². The number of rotatable bonds is 7. The topological polar surface area (TPSA) is 78.5 Å². The molecule has 32 heavy (non-hydrogen) atoms. The number of nitrogens with one attached hydrogen (secondary N) is 2. The second-order valence-electron chi connectivity index (χ2n) is 7.51. The molecule has 1 fully saturated rings. The molecule has 9 heteroatoms. The van der Waals surface area contributed by atoms with Gasteiger partial charge in [-0.25, -0.2) is 0 Å². The molecule has 3 amide bonds. The standard InChI is InChI=1S/C23H24F3N3O3/c1-2-15-5-3-4-6-19(15)29-14-17(13-20(29)30)22(32)28-12-11-27-21(31)16-7-9-18(10-8-16)23(24,25)26/h3-10,17H,2,11-14H2,1H3,(H,27,31)(H,28,32). The predicted octanol–water partition coefficient (Wildman–Crippen LogP) is 3.17. The Morgan fingerprint density at radius 3 is 2.34 bits per heavy atom. The molecule has 1 atom stereocenters. The van der Waals surface area contributed by atoms with E-state index in [0.29, 0.717) is 6.54 Å². The summed E-state index contributed by atoms with van der Waals surface area (Å²) in [5.74, 6) is -1.41. The van der Waals surface area contributed by atoms with Gasteiger partial charge in [0.2, 0.25) is 11.8 Å². The lowest BCUT2D eigenvalue weighted by molar-refractivity contribution is -0.137. The van der Waals surface area contributed by atoms with Crippen molar-refractivity contribution in [2.24, 2.45) is 5.92 Å². The van der Waals surface area contributed by atoms with Crippen molar-refractivity contribution in [3.05, 3.63) is 65.2 Å². The highest BCUT2D eigenvalue weighted by Gasteiger charge is 2.35. The molecule has 1 aliphatic heterocycles. The normalized spacial score (nSPS) is 16.2. The van der Waals surface area contributed by atoms with Crippen molar-refractivity contribution < 1.29 is 27.6 Å². The largest absolute Gasteiger partial charge is 0.416 e. The minimum absolute atomic E-state index is 0.0935. The smallest absolute Gasteiger partial charge is 0.354 e. The van der Waals surface area contributed by atoms with Crippen LogP contribution < -0.4 is 15.5 Å². The summed E-state index contributed by atoms with van der Waals surface area (Å²) in [6, 6.07) is 11.5. The maximum atomic E-state index is 12.6. The third-order valence-electron chi connectivity index (χ3n) is 5.34. The van der Waals surface area contributed by atoms with E-state index in [2.05, 4.69) is 10.6 Å². The van der Waals surface area contributed by atoms with Gasteiger partial charge >= 0.3 is 6.18 Å². The summed E-state index contributed by atoms with van der Waals surface area (Å²) in [4.78, 5) is 38.6. The Balaban J connectivity index is 1.46. The molecule has 1 unspecified atom stereocenters. The molecular formula is C23H24F3N3O3. The monoisotopic (exact) mass is 447 g/mol. The zero-order chi connectivity index (χ0) is 23.3. The lowest BCUT2D eigenvalue weighted by atomic mass is 10.1. The fourth-order valence-corrected chi connectivity index (χ4v) is 3.61. The van der Waals surface area contributed by atoms with Crippen LogP contribution in [0.1, 0.15) is 34.8 Å². The van der Waals surface area contributed by atoms with Gasteiger partial charge in [-0.2, -0.15) is 13.2 Å². The first-order valence-electron chi connectivity index (χ1n) is 10.3. The minimum atomic E-state index is -4.46. The van der Waals surface area contributed by atoms with E-state index in [1.54, 1.807) is 4.90 Å². The number of amides is 3. The molecule has 1 saturated heterocycles. The van der Waals surface area contributed by atoms with E-state index in [1.165, 1.54) is 0 Å². The maximum absolute atomic E-state index is 12.6. The SMILES string of the molecule is CCc1ccccc1N1CC(C(=O)NCCNC(=O)c2ccc(C(F)(F)F)cc2)CC1=O. The quantitative estimate of drug-likeness (QED) is 0.640. The molecule has 0 radical (unpaired) electrons. The van der Waals surface area contributed by atoms with E-state index in [1.807, 2.05) is 31.2 Å². The molecular weight excluding hydrogens is 423 g/mol. The van der Waals surface area contributed by atoms with Crippen molar-refractivity contribution >= 4 is 23.4 Å². The highest BCUT2D eigenvalue weighted by Crippen LogP contribution is 2.29. The third-order valence-corrected chi connectivity index (χ3v) is 5.34. The maximum Gasteiger partial charge on any atom is 0.416 e. The van der Waals surface area contributed by atoms with Crippen molar-refractivity contribution in [1.29, 1.82) is 0 Å². The second kappa shape index (κ2) is 9.84. The third kappa shape index (κ3) is 5.46. The van der Waals surface area contributed by atoms with Gasteiger partial charge in [-0.15, -0.1) is 0 Å². The van der Waals surface area contributed by atoms with Gasteiger partial charge in [0.05, 0.1) is 11.5 Å². The van der Waals surface area contributed by atoms with Gasteiger partial charge in [-0.1, -0.05) is 25.1 Å². The van der Waals surface area contributed by atoms with Crippen molar-refractivity contribution in [1.82, 2.24) is 10.6 Å². The van der Waals surface area contributed by atoms with Gasteiger partial charge in [0.25, 0.3) is 5.91 Å². The number of aryl methyl sites for hydroxylation is 1. The van der Waals surface area contributed by atoms with E-state index >= 15 is 0 Å². The Labute approximate surface area is 183 Å². The van der Waals surface area contributed by atoms with E-state index < -0.39 is 23.6 Å². The van der Waals surface area contributed by atoms with E-state index in [9.17, 15) is 27.6 Å². The van der Waals surface area contributed by atoms with Crippen LogP contribution in [0.3, 0.4) is 0 Å². The number of para-hydroxylation sites is 1. The molecule has 0 saturated carbocycles. The van der Waals surface area contributed by atoms with Crippen LogP contribution in [-0.4, -0.2) is 37.4 Å². The first-order chi connectivity index (χ1) is 15.2. The Kier molecular flexibility index (Phi) is 7.17. The molecule has 3 rings (SSSR count). The molecule has 170 valence electrons. The molecule has 2 N–H and O–H groups in total. The van der Waals surface area contributed by atoms with Crippen LogP contribution >= 0.6 is 0 Å². The van der Waals surface area contributed by atoms with E-state index in [0.717, 1.165) is 41.9 Å². The van der Waals surface area contributed by atoms with Crippen LogP contribution in [0.4, 0.5) is 18.9 Å². The molecule has 2 aromatic rings. The molecule has 6 nitrogen and oxygen atoms in total. The number of benzene rings is 2. The molecule has 0 spiro atoms. The number of hydrogen-bond donors (Lipinski definition) is 2. The van der Waals surface area contributed by atoms with Crippen LogP contribution in [0.2, 0.25) is 0 Å². The average molecular weight is 447 g/mol. The predicted molar refractivity (Wildman–Crippen MR) is 113 cm³/mol. The van der Waals surface area contributed by atoms with Gasteiger partial charge in [-0.3, -0.25) is 14.4 Å². The Bertz CT molecular complexity index is 990. The summed E-state index contributed by atoms with van der Waals surface area (Å²) in [5, 5.41) is 5.25. The molecule has 1 heterocycles. The summed E-state index contributed by atoms with van der Waals surface area (Å²) < 4.78 is 37.8. The zero-order valence-corrected chi connectivity index (χ0v) is 17.5. The minimum Gasteiger partial charge on any atom is -0.354 e. The van der Waals surface area contributed by atoms with Gasteiger partial charge in [-0.05, 0) is 42.3 Å². The lowest BCUT2D eigenvalue weighted by Gasteiger charge is -2.20. The van der Waals surface area contributed by atoms with Crippen LogP contribution in [0, 0.1) is 5.92 Å². The summed E-state index contributed by atoms with van der Waals surface area (Å²) in [6.45, 7) is 2.54. The lowest BCUT2D eigenvalue weighted by Crippen LogP contribution is -2.38. The average Bonchev–Trinajstić information content (AvgIpc) is 3.17. The fourth-order valence-electron chi connectivity index (χ4n) is 3.61. The Morgan fingerprint density at radius 2 is 1.69 bits per heavy atom. The number of carbonyl (C=O) groups is 3. The molecule has 0 aromatic heterocycles. The Hall–Kier alpha value is -3.36. The van der Waals surface area contributed by atoms with Gasteiger partial charge in [0.15, 0.2) is 0 Å². The fraction of sp³-hybridized carbons (Fsp3) is 0.348. The zero-order valence-electron chi connectivity index (χ0n) is 17.5. The number of nitrogens with zero attached hydrogens (tertiary/aromatic N) is 1. The summed E-state index contributed by atoms with van der Waals surface area (Å²) in [6.07, 6.45) is -3.58. The van der Waals surface area contributed by atoms with Crippen LogP contribution in [0.5, 0.6) is 0 Å². The van der Waals surface area contributed by atoms with Crippen molar-refractivity contribution in [2.45, 2.75) is 25.9 Å². The van der Waals surface area contributed by atoms with Gasteiger partial charge in [0, 0.05) is 37.3 Å². The van der Waals surface area contributed by atoms with Crippen molar-refractivity contribution in [3.63, 3.8) is 0 Å². The second-order valence-corrected chi connectivity index (χ2v) is 7.51. The van der Waals surface area contributed by atoms with Crippen LogP contribution in [0.15, 0.2) is 48.5 Å². The number of hydrogen-bond acceptors (Lipinski definition) is 3. The molecule has 0 bridgehead atoms. The summed E-state index contributed by atoms with van der Waals surface area (Å²) in [7, 11) is 0. The number of alkyl halides is 3. The van der Waals surface area contributed by atoms with Crippen LogP contribution in [0.25, 0.3) is 0 Å². The number of carbonyl (C=O) groups excluding carboxylic acids is 3. The first-order valence-corrected chi connectivity index (χ1v) is 10.3. The van der Waals surface area contributed by atoms with E-state index in [-0.39, 0.29) is 36.9 Å². The van der Waals surface area contributed by atoms with E-state index in [4.69, 9.17) is 0 Å². The molecule has 2 aromatic carbocycles. The highest BCUT2D eigenvalue weighted by atomic mass is 19.4. The first kappa shape index (κ1) is 23.3. The molecule has 0 aliphatic carbocycles. The Morgan fingerprint density at radius 1 is 1.03 bits per heavy atom. The number of anilines is 1. The van der Waals surface area contributed by atoms with Crippen molar-refractivity contribution in [3.8, 4) is 0 Å². The number of halogens is 3. The van der Waals surface area contributed by atoms with Crippen molar-refractivity contribution in [2.75, 3.05) is 24.5 Å².